The molecule has 0 bridgehead atoms. The average Bonchev–Trinajstić information content (AvgIpc) is 2.48. The molecule has 0 radical (unpaired) electrons. The van der Waals surface area contributed by atoms with Gasteiger partial charge in [0, 0.05) is 24.7 Å². The fourth-order valence-corrected chi connectivity index (χ4v) is 2.44. The van der Waals surface area contributed by atoms with E-state index in [2.05, 4.69) is 10.2 Å². The van der Waals surface area contributed by atoms with Crippen molar-refractivity contribution >= 4 is 23.3 Å². The van der Waals surface area contributed by atoms with Crippen LogP contribution in [0.2, 0.25) is 0 Å². The van der Waals surface area contributed by atoms with E-state index in [-0.39, 0.29) is 17.4 Å². The SMILES string of the molecule is CC(C)C(=O)Nc1ccc(N2CCCCC2)cc1C(=O)O. The van der Waals surface area contributed by atoms with Gasteiger partial charge in [-0.1, -0.05) is 13.8 Å². The minimum Gasteiger partial charge on any atom is -0.478 e. The fraction of sp³-hybridized carbons (Fsp3) is 0.500. The molecule has 0 spiro atoms. The molecule has 5 heteroatoms. The predicted molar refractivity (Wildman–Crippen MR) is 82.9 cm³/mol. The number of hydrogen-bond donors (Lipinski definition) is 2. The Kier molecular flexibility index (Phi) is 4.83. The van der Waals surface area contributed by atoms with E-state index in [0.29, 0.717) is 5.69 Å². The maximum Gasteiger partial charge on any atom is 0.337 e. The van der Waals surface area contributed by atoms with Crippen molar-refractivity contribution in [3.05, 3.63) is 23.8 Å². The van der Waals surface area contributed by atoms with Gasteiger partial charge in [0.25, 0.3) is 0 Å². The van der Waals surface area contributed by atoms with E-state index < -0.39 is 5.97 Å². The van der Waals surface area contributed by atoms with Crippen LogP contribution < -0.4 is 10.2 Å². The van der Waals surface area contributed by atoms with Gasteiger partial charge < -0.3 is 15.3 Å². The van der Waals surface area contributed by atoms with Crippen LogP contribution in [0.1, 0.15) is 43.5 Å². The molecule has 0 saturated carbocycles. The number of benzene rings is 1. The van der Waals surface area contributed by atoms with Crippen LogP contribution in [0.5, 0.6) is 0 Å². The molecule has 1 saturated heterocycles. The molecule has 1 aliphatic rings. The largest absolute Gasteiger partial charge is 0.478 e. The van der Waals surface area contributed by atoms with Crippen molar-refractivity contribution in [3.8, 4) is 0 Å². The van der Waals surface area contributed by atoms with Gasteiger partial charge in [-0.15, -0.1) is 0 Å². The number of carboxylic acids is 1. The monoisotopic (exact) mass is 290 g/mol. The number of carbonyl (C=O) groups is 2. The maximum atomic E-state index is 11.8. The number of nitrogens with one attached hydrogen (secondary N) is 1. The van der Waals surface area contributed by atoms with Crippen LogP contribution in [0.15, 0.2) is 18.2 Å². The van der Waals surface area contributed by atoms with Gasteiger partial charge in [0.15, 0.2) is 0 Å². The summed E-state index contributed by atoms with van der Waals surface area (Å²) in [6.07, 6.45) is 3.49. The van der Waals surface area contributed by atoms with Crippen molar-refractivity contribution in [1.82, 2.24) is 0 Å². The Bertz CT molecular complexity index is 534. The first-order valence-electron chi connectivity index (χ1n) is 7.42. The highest BCUT2D eigenvalue weighted by atomic mass is 16.4. The Morgan fingerprint density at radius 2 is 1.86 bits per heavy atom. The van der Waals surface area contributed by atoms with Crippen LogP contribution in [-0.2, 0) is 4.79 Å². The average molecular weight is 290 g/mol. The molecule has 0 atom stereocenters. The lowest BCUT2D eigenvalue weighted by molar-refractivity contribution is -0.118. The summed E-state index contributed by atoms with van der Waals surface area (Å²) in [7, 11) is 0. The van der Waals surface area contributed by atoms with Crippen molar-refractivity contribution in [3.63, 3.8) is 0 Å². The summed E-state index contributed by atoms with van der Waals surface area (Å²) in [4.78, 5) is 25.4. The molecular formula is C16H22N2O3. The highest BCUT2D eigenvalue weighted by molar-refractivity contribution is 6.01. The van der Waals surface area contributed by atoms with E-state index in [1.807, 2.05) is 6.07 Å². The first-order valence-corrected chi connectivity index (χ1v) is 7.42. The summed E-state index contributed by atoms with van der Waals surface area (Å²) in [6, 6.07) is 5.23. The smallest absolute Gasteiger partial charge is 0.337 e. The molecule has 0 aromatic heterocycles. The molecule has 21 heavy (non-hydrogen) atoms. The van der Waals surface area contributed by atoms with Crippen LogP contribution >= 0.6 is 0 Å². The van der Waals surface area contributed by atoms with Gasteiger partial charge in [0.2, 0.25) is 5.91 Å². The second kappa shape index (κ2) is 6.61. The molecule has 1 amide bonds. The molecule has 114 valence electrons. The van der Waals surface area contributed by atoms with Gasteiger partial charge in [-0.25, -0.2) is 4.79 Å². The Labute approximate surface area is 125 Å². The van der Waals surface area contributed by atoms with Crippen LogP contribution in [0.4, 0.5) is 11.4 Å². The number of piperidine rings is 1. The topological polar surface area (TPSA) is 69.6 Å². The second-order valence-electron chi connectivity index (χ2n) is 5.73. The molecule has 1 aromatic carbocycles. The molecular weight excluding hydrogens is 268 g/mol. The van der Waals surface area contributed by atoms with Crippen LogP contribution in [0.25, 0.3) is 0 Å². The fourth-order valence-electron chi connectivity index (χ4n) is 2.44. The number of aromatic carboxylic acids is 1. The molecule has 0 unspecified atom stereocenters. The van der Waals surface area contributed by atoms with E-state index in [0.717, 1.165) is 31.6 Å². The normalized spacial score (nSPS) is 15.1. The number of carboxylic acid groups (broad SMARTS) is 1. The maximum absolute atomic E-state index is 11.8. The summed E-state index contributed by atoms with van der Waals surface area (Å²) >= 11 is 0. The lowest BCUT2D eigenvalue weighted by Gasteiger charge is -2.29. The summed E-state index contributed by atoms with van der Waals surface area (Å²) < 4.78 is 0. The Morgan fingerprint density at radius 3 is 2.43 bits per heavy atom. The van der Waals surface area contributed by atoms with Crippen molar-refractivity contribution < 1.29 is 14.7 Å². The summed E-state index contributed by atoms with van der Waals surface area (Å²) in [5.74, 6) is -1.38. The van der Waals surface area contributed by atoms with Gasteiger partial charge in [-0.05, 0) is 37.5 Å². The molecule has 1 heterocycles. The number of amides is 1. The van der Waals surface area contributed by atoms with Gasteiger partial charge in [-0.2, -0.15) is 0 Å². The minimum absolute atomic E-state index is 0.145. The zero-order valence-corrected chi connectivity index (χ0v) is 12.6. The third-order valence-corrected chi connectivity index (χ3v) is 3.74. The van der Waals surface area contributed by atoms with Crippen molar-refractivity contribution in [2.45, 2.75) is 33.1 Å². The quantitative estimate of drug-likeness (QED) is 0.894. The lowest BCUT2D eigenvalue weighted by atomic mass is 10.1. The molecule has 1 aliphatic heterocycles. The highest BCUT2D eigenvalue weighted by Gasteiger charge is 2.18. The zero-order valence-electron chi connectivity index (χ0n) is 12.6. The van der Waals surface area contributed by atoms with Crippen molar-refractivity contribution in [1.29, 1.82) is 0 Å². The standard InChI is InChI=1S/C16H22N2O3/c1-11(2)15(19)17-14-7-6-12(10-13(14)16(20)21)18-8-4-3-5-9-18/h6-7,10-11H,3-5,8-9H2,1-2H3,(H,17,19)(H,20,21). The van der Waals surface area contributed by atoms with Crippen LogP contribution in [-0.4, -0.2) is 30.1 Å². The minimum atomic E-state index is -1.02. The first-order chi connectivity index (χ1) is 9.99. The van der Waals surface area contributed by atoms with E-state index in [4.69, 9.17) is 0 Å². The number of hydrogen-bond acceptors (Lipinski definition) is 3. The van der Waals surface area contributed by atoms with E-state index in [1.54, 1.807) is 26.0 Å². The van der Waals surface area contributed by atoms with Gasteiger partial charge >= 0.3 is 5.97 Å². The molecule has 1 fully saturated rings. The highest BCUT2D eigenvalue weighted by Crippen LogP contribution is 2.26. The summed E-state index contributed by atoms with van der Waals surface area (Å²) in [6.45, 7) is 5.46. The van der Waals surface area contributed by atoms with E-state index >= 15 is 0 Å². The lowest BCUT2D eigenvalue weighted by Crippen LogP contribution is -2.29. The molecule has 2 rings (SSSR count). The molecule has 2 N–H and O–H groups in total. The van der Waals surface area contributed by atoms with E-state index in [1.165, 1.54) is 6.42 Å². The third kappa shape index (κ3) is 3.74. The third-order valence-electron chi connectivity index (χ3n) is 3.74. The number of anilines is 2. The number of carbonyl (C=O) groups excluding carboxylic acids is 1. The van der Waals surface area contributed by atoms with Gasteiger partial charge in [0.05, 0.1) is 11.3 Å². The van der Waals surface area contributed by atoms with E-state index in [9.17, 15) is 14.7 Å². The number of nitrogens with zero attached hydrogens (tertiary/aromatic N) is 1. The van der Waals surface area contributed by atoms with Crippen molar-refractivity contribution in [2.24, 2.45) is 5.92 Å². The Morgan fingerprint density at radius 1 is 1.19 bits per heavy atom. The summed E-state index contributed by atoms with van der Waals surface area (Å²) in [5.41, 5.74) is 1.42. The van der Waals surface area contributed by atoms with Gasteiger partial charge in [0.1, 0.15) is 0 Å². The van der Waals surface area contributed by atoms with Gasteiger partial charge in [-0.3, -0.25) is 4.79 Å². The number of rotatable bonds is 4. The Hall–Kier alpha value is -2.04. The van der Waals surface area contributed by atoms with Crippen LogP contribution in [0.3, 0.4) is 0 Å². The first kappa shape index (κ1) is 15.4. The molecule has 0 aliphatic carbocycles. The predicted octanol–water partition coefficient (Wildman–Crippen LogP) is 2.97. The zero-order chi connectivity index (χ0) is 15.4. The second-order valence-corrected chi connectivity index (χ2v) is 5.73. The van der Waals surface area contributed by atoms with Crippen LogP contribution in [0, 0.1) is 5.92 Å². The molecule has 5 nitrogen and oxygen atoms in total. The summed E-state index contributed by atoms with van der Waals surface area (Å²) in [5, 5.41) is 12.1. The van der Waals surface area contributed by atoms with Crippen molar-refractivity contribution in [2.75, 3.05) is 23.3 Å². The molecule has 1 aromatic rings. The Balaban J connectivity index is 2.26.